The lowest BCUT2D eigenvalue weighted by atomic mass is 9.94. The van der Waals surface area contributed by atoms with Gasteiger partial charge < -0.3 is 10.4 Å². The highest BCUT2D eigenvalue weighted by Gasteiger charge is 2.30. The molecule has 21 heavy (non-hydrogen) atoms. The Balaban J connectivity index is 1.83. The molecule has 0 atom stereocenters. The first kappa shape index (κ1) is 16.3. The van der Waals surface area contributed by atoms with E-state index in [1.807, 2.05) is 0 Å². The van der Waals surface area contributed by atoms with Crippen molar-refractivity contribution >= 4 is 0 Å². The number of rotatable bonds is 4. The first-order valence-corrected chi connectivity index (χ1v) is 7.48. The van der Waals surface area contributed by atoms with Gasteiger partial charge in [0.2, 0.25) is 0 Å². The molecule has 0 aromatic heterocycles. The van der Waals surface area contributed by atoms with Crippen molar-refractivity contribution in [1.29, 1.82) is 0 Å². The summed E-state index contributed by atoms with van der Waals surface area (Å²) in [7, 11) is 0. The molecule has 0 heterocycles. The molecule has 5 heteroatoms. The number of aliphatic hydroxyl groups is 1. The largest absolute Gasteiger partial charge is 0.416 e. The van der Waals surface area contributed by atoms with Crippen molar-refractivity contribution in [3.05, 3.63) is 35.4 Å². The normalized spacial score (nSPS) is 19.2. The van der Waals surface area contributed by atoms with Gasteiger partial charge in [0.15, 0.2) is 0 Å². The van der Waals surface area contributed by atoms with E-state index < -0.39 is 17.3 Å². The monoisotopic (exact) mass is 301 g/mol. The zero-order chi connectivity index (χ0) is 15.3. The fourth-order valence-electron chi connectivity index (χ4n) is 2.81. The smallest absolute Gasteiger partial charge is 0.389 e. The van der Waals surface area contributed by atoms with E-state index in [-0.39, 0.29) is 0 Å². The van der Waals surface area contributed by atoms with Crippen LogP contribution in [0.4, 0.5) is 13.2 Å². The summed E-state index contributed by atoms with van der Waals surface area (Å²) in [4.78, 5) is 0. The topological polar surface area (TPSA) is 32.3 Å². The molecule has 1 fully saturated rings. The summed E-state index contributed by atoms with van der Waals surface area (Å²) in [6.07, 6.45) is 1.72. The zero-order valence-electron chi connectivity index (χ0n) is 12.0. The van der Waals surface area contributed by atoms with Gasteiger partial charge in [-0.05, 0) is 30.5 Å². The SMILES string of the molecule is OC1(CNCc2ccc(C(F)(F)F)cc2)CCCCCC1. The van der Waals surface area contributed by atoms with Crippen molar-refractivity contribution in [3.63, 3.8) is 0 Å². The molecule has 0 aliphatic heterocycles. The Morgan fingerprint density at radius 2 is 1.57 bits per heavy atom. The van der Waals surface area contributed by atoms with Crippen molar-refractivity contribution < 1.29 is 18.3 Å². The summed E-state index contributed by atoms with van der Waals surface area (Å²) in [5.74, 6) is 0. The van der Waals surface area contributed by atoms with Gasteiger partial charge >= 0.3 is 6.18 Å². The maximum Gasteiger partial charge on any atom is 0.416 e. The molecular weight excluding hydrogens is 279 g/mol. The fourth-order valence-corrected chi connectivity index (χ4v) is 2.81. The van der Waals surface area contributed by atoms with E-state index in [0.717, 1.165) is 43.4 Å². The summed E-state index contributed by atoms with van der Waals surface area (Å²) in [5, 5.41) is 13.6. The van der Waals surface area contributed by atoms with Crippen LogP contribution in [0.3, 0.4) is 0 Å². The Morgan fingerprint density at radius 1 is 1.00 bits per heavy atom. The minimum absolute atomic E-state index is 0.473. The van der Waals surface area contributed by atoms with Gasteiger partial charge in [0.25, 0.3) is 0 Å². The first-order valence-electron chi connectivity index (χ1n) is 7.48. The van der Waals surface area contributed by atoms with E-state index in [0.29, 0.717) is 13.1 Å². The summed E-state index contributed by atoms with van der Waals surface area (Å²) < 4.78 is 37.4. The van der Waals surface area contributed by atoms with Gasteiger partial charge in [-0.2, -0.15) is 13.2 Å². The van der Waals surface area contributed by atoms with Crippen LogP contribution in [0.2, 0.25) is 0 Å². The third-order valence-corrected chi connectivity index (χ3v) is 4.10. The second-order valence-corrected chi connectivity index (χ2v) is 5.94. The molecule has 1 aromatic carbocycles. The lowest BCUT2D eigenvalue weighted by molar-refractivity contribution is -0.137. The molecule has 2 rings (SSSR count). The van der Waals surface area contributed by atoms with Gasteiger partial charge in [-0.15, -0.1) is 0 Å². The second-order valence-electron chi connectivity index (χ2n) is 5.94. The predicted octanol–water partition coefficient (Wildman–Crippen LogP) is 3.88. The highest BCUT2D eigenvalue weighted by atomic mass is 19.4. The van der Waals surface area contributed by atoms with Crippen molar-refractivity contribution in [1.82, 2.24) is 5.32 Å². The van der Waals surface area contributed by atoms with Crippen LogP contribution in [0, 0.1) is 0 Å². The van der Waals surface area contributed by atoms with Crippen molar-refractivity contribution in [2.45, 2.75) is 56.8 Å². The molecule has 0 saturated heterocycles. The quantitative estimate of drug-likeness (QED) is 0.827. The highest BCUT2D eigenvalue weighted by molar-refractivity contribution is 5.24. The van der Waals surface area contributed by atoms with E-state index in [1.54, 1.807) is 0 Å². The number of hydrogen-bond acceptors (Lipinski definition) is 2. The summed E-state index contributed by atoms with van der Waals surface area (Å²) in [6, 6.07) is 5.15. The molecule has 0 bridgehead atoms. The van der Waals surface area contributed by atoms with Crippen LogP contribution < -0.4 is 5.32 Å². The standard InChI is InChI=1S/C16H22F3NO/c17-16(18,19)14-7-5-13(6-8-14)11-20-12-15(21)9-3-1-2-4-10-15/h5-8,20-21H,1-4,9-12H2. The van der Waals surface area contributed by atoms with E-state index in [9.17, 15) is 18.3 Å². The van der Waals surface area contributed by atoms with E-state index in [4.69, 9.17) is 0 Å². The average molecular weight is 301 g/mol. The van der Waals surface area contributed by atoms with Crippen LogP contribution in [0.1, 0.15) is 49.7 Å². The van der Waals surface area contributed by atoms with Crippen LogP contribution >= 0.6 is 0 Å². The number of halogens is 3. The predicted molar refractivity (Wildman–Crippen MR) is 75.8 cm³/mol. The number of alkyl halides is 3. The molecule has 1 aromatic rings. The molecule has 1 saturated carbocycles. The summed E-state index contributed by atoms with van der Waals surface area (Å²) >= 11 is 0. The van der Waals surface area contributed by atoms with Gasteiger partial charge in [-0.25, -0.2) is 0 Å². The highest BCUT2D eigenvalue weighted by Crippen LogP contribution is 2.29. The molecule has 0 radical (unpaired) electrons. The van der Waals surface area contributed by atoms with Gasteiger partial charge in [0, 0.05) is 13.1 Å². The average Bonchev–Trinajstić information content (AvgIpc) is 2.63. The van der Waals surface area contributed by atoms with Crippen molar-refractivity contribution in [2.75, 3.05) is 6.54 Å². The summed E-state index contributed by atoms with van der Waals surface area (Å²) in [5.41, 5.74) is -0.503. The third kappa shape index (κ3) is 5.00. The number of nitrogens with one attached hydrogen (secondary N) is 1. The molecule has 1 aliphatic carbocycles. The summed E-state index contributed by atoms with van der Waals surface area (Å²) in [6.45, 7) is 0.967. The Hall–Kier alpha value is -1.07. The van der Waals surface area contributed by atoms with Crippen LogP contribution in [0.15, 0.2) is 24.3 Å². The van der Waals surface area contributed by atoms with Crippen LogP contribution in [-0.2, 0) is 12.7 Å². The Kier molecular flexibility index (Phi) is 5.27. The second kappa shape index (κ2) is 6.79. The van der Waals surface area contributed by atoms with Crippen molar-refractivity contribution in [2.24, 2.45) is 0 Å². The van der Waals surface area contributed by atoms with Gasteiger partial charge in [-0.1, -0.05) is 37.8 Å². The molecule has 1 aliphatic rings. The van der Waals surface area contributed by atoms with Gasteiger partial charge in [-0.3, -0.25) is 0 Å². The minimum atomic E-state index is -4.29. The van der Waals surface area contributed by atoms with Gasteiger partial charge in [0.1, 0.15) is 0 Å². The molecule has 118 valence electrons. The minimum Gasteiger partial charge on any atom is -0.389 e. The molecule has 2 nitrogen and oxygen atoms in total. The van der Waals surface area contributed by atoms with Crippen LogP contribution in [0.5, 0.6) is 0 Å². The molecule has 2 N–H and O–H groups in total. The van der Waals surface area contributed by atoms with Crippen LogP contribution in [-0.4, -0.2) is 17.3 Å². The fraction of sp³-hybridized carbons (Fsp3) is 0.625. The van der Waals surface area contributed by atoms with E-state index >= 15 is 0 Å². The molecule has 0 spiro atoms. The maximum absolute atomic E-state index is 12.5. The zero-order valence-corrected chi connectivity index (χ0v) is 12.0. The Labute approximate surface area is 123 Å². The first-order chi connectivity index (χ1) is 9.89. The molecule has 0 unspecified atom stereocenters. The molecular formula is C16H22F3NO. The van der Waals surface area contributed by atoms with E-state index in [2.05, 4.69) is 5.32 Å². The van der Waals surface area contributed by atoms with Gasteiger partial charge in [0.05, 0.1) is 11.2 Å². The lowest BCUT2D eigenvalue weighted by Crippen LogP contribution is -2.39. The van der Waals surface area contributed by atoms with Crippen molar-refractivity contribution in [3.8, 4) is 0 Å². The number of benzene rings is 1. The molecule has 0 amide bonds. The van der Waals surface area contributed by atoms with Crippen LogP contribution in [0.25, 0.3) is 0 Å². The Morgan fingerprint density at radius 3 is 2.10 bits per heavy atom. The third-order valence-electron chi connectivity index (χ3n) is 4.10. The number of hydrogen-bond donors (Lipinski definition) is 2. The Bertz CT molecular complexity index is 434. The van der Waals surface area contributed by atoms with E-state index in [1.165, 1.54) is 25.0 Å². The maximum atomic E-state index is 12.5. The lowest BCUT2D eigenvalue weighted by Gasteiger charge is -2.27.